The second-order valence-electron chi connectivity index (χ2n) is 3.02. The molecule has 1 aromatic rings. The van der Waals surface area contributed by atoms with Crippen molar-refractivity contribution in [2.45, 2.75) is 18.2 Å². The normalized spacial score (nSPS) is 10.1. The number of hydrogen-bond donors (Lipinski definition) is 0. The molecule has 0 fully saturated rings. The van der Waals surface area contributed by atoms with Crippen molar-refractivity contribution in [2.75, 3.05) is 12.4 Å². The van der Waals surface area contributed by atoms with E-state index in [-0.39, 0.29) is 12.5 Å². The second kappa shape index (κ2) is 5.81. The molecule has 0 saturated heterocycles. The van der Waals surface area contributed by atoms with Crippen LogP contribution in [0.5, 0.6) is 0 Å². The summed E-state index contributed by atoms with van der Waals surface area (Å²) in [5.41, 5.74) is 0.999. The van der Waals surface area contributed by atoms with Crippen LogP contribution in [-0.4, -0.2) is 18.2 Å². The molecule has 3 heteroatoms. The minimum atomic E-state index is -0.334. The number of ketones is 1. The zero-order valence-electron chi connectivity index (χ0n) is 8.13. The number of hydrogen-bond acceptors (Lipinski definition) is 2. The van der Waals surface area contributed by atoms with Crippen molar-refractivity contribution in [2.24, 2.45) is 0 Å². The van der Waals surface area contributed by atoms with Crippen molar-refractivity contribution >= 4 is 17.5 Å². The molecule has 0 amide bonds. The molecule has 0 bridgehead atoms. The van der Waals surface area contributed by atoms with Gasteiger partial charge in [-0.3, -0.25) is 9.18 Å². The Morgan fingerprint density at radius 3 is 2.79 bits per heavy atom. The first-order valence-corrected chi connectivity index (χ1v) is 5.48. The summed E-state index contributed by atoms with van der Waals surface area (Å²) in [5.74, 6) is 0.591. The molecule has 1 nitrogen and oxygen atoms in total. The van der Waals surface area contributed by atoms with Crippen LogP contribution in [0.15, 0.2) is 29.2 Å². The highest BCUT2D eigenvalue weighted by Gasteiger charge is 2.04. The lowest BCUT2D eigenvalue weighted by atomic mass is 10.1. The Kier molecular flexibility index (Phi) is 4.66. The lowest BCUT2D eigenvalue weighted by molar-refractivity contribution is -0.116. The molecule has 0 N–H and O–H groups in total. The van der Waals surface area contributed by atoms with Crippen LogP contribution in [0.1, 0.15) is 12.5 Å². The maximum Gasteiger partial charge on any atom is 0.134 e. The van der Waals surface area contributed by atoms with Gasteiger partial charge in [0.25, 0.3) is 0 Å². The number of halogens is 1. The number of Topliss-reactive ketones (excluding diaryl/α,β-unsaturated/α-hetero) is 1. The molecule has 0 atom stereocenters. The van der Waals surface area contributed by atoms with Crippen LogP contribution in [-0.2, 0) is 11.2 Å². The number of carbonyl (C=O) groups excluding carboxylic acids is 1. The van der Waals surface area contributed by atoms with Gasteiger partial charge in [0.1, 0.15) is 5.78 Å². The maximum atomic E-state index is 12.0. The number of rotatable bonds is 5. The quantitative estimate of drug-likeness (QED) is 0.698. The molecule has 0 aliphatic rings. The molecular formula is C11H13FOS. The predicted octanol–water partition coefficient (Wildman–Crippen LogP) is 2.88. The van der Waals surface area contributed by atoms with Gasteiger partial charge in [-0.25, -0.2) is 0 Å². The molecule has 0 heterocycles. The van der Waals surface area contributed by atoms with Crippen molar-refractivity contribution in [3.8, 4) is 0 Å². The highest BCUT2D eigenvalue weighted by atomic mass is 32.2. The molecule has 1 rings (SSSR count). The average molecular weight is 212 g/mol. The standard InChI is InChI=1S/C11H13FOS/c1-9(13)8-10-4-2-3-5-11(10)14-7-6-12/h2-5H,6-8H2,1H3. The van der Waals surface area contributed by atoms with E-state index in [1.54, 1.807) is 6.92 Å². The van der Waals surface area contributed by atoms with Gasteiger partial charge in [-0.15, -0.1) is 11.8 Å². The summed E-state index contributed by atoms with van der Waals surface area (Å²) >= 11 is 1.46. The van der Waals surface area contributed by atoms with E-state index in [4.69, 9.17) is 0 Å². The fourth-order valence-electron chi connectivity index (χ4n) is 1.21. The molecule has 0 spiro atoms. The molecule has 0 unspecified atom stereocenters. The fourth-order valence-corrected chi connectivity index (χ4v) is 2.00. The van der Waals surface area contributed by atoms with E-state index in [9.17, 15) is 9.18 Å². The highest BCUT2D eigenvalue weighted by molar-refractivity contribution is 7.99. The van der Waals surface area contributed by atoms with Gasteiger partial charge in [0, 0.05) is 17.1 Å². The van der Waals surface area contributed by atoms with Crippen LogP contribution in [0.25, 0.3) is 0 Å². The predicted molar refractivity (Wildman–Crippen MR) is 57.5 cm³/mol. The van der Waals surface area contributed by atoms with E-state index in [0.717, 1.165) is 10.5 Å². The van der Waals surface area contributed by atoms with Crippen LogP contribution in [0.2, 0.25) is 0 Å². The molecule has 0 radical (unpaired) electrons. The molecule has 0 saturated carbocycles. The Bertz CT molecular complexity index is 312. The minimum absolute atomic E-state index is 0.137. The molecule has 1 aromatic carbocycles. The molecule has 14 heavy (non-hydrogen) atoms. The number of alkyl halides is 1. The Hall–Kier alpha value is -0.830. The van der Waals surface area contributed by atoms with E-state index in [2.05, 4.69) is 0 Å². The van der Waals surface area contributed by atoms with Crippen molar-refractivity contribution in [1.29, 1.82) is 0 Å². The van der Waals surface area contributed by atoms with Gasteiger partial charge in [0.2, 0.25) is 0 Å². The maximum absolute atomic E-state index is 12.0. The first kappa shape index (κ1) is 11.2. The van der Waals surface area contributed by atoms with Crippen molar-refractivity contribution < 1.29 is 9.18 Å². The SMILES string of the molecule is CC(=O)Cc1ccccc1SCCF. The van der Waals surface area contributed by atoms with Gasteiger partial charge < -0.3 is 0 Å². The van der Waals surface area contributed by atoms with Crippen LogP contribution in [0.3, 0.4) is 0 Å². The molecule has 0 aromatic heterocycles. The smallest absolute Gasteiger partial charge is 0.134 e. The summed E-state index contributed by atoms with van der Waals surface area (Å²) in [4.78, 5) is 12.0. The molecule has 0 aliphatic carbocycles. The zero-order chi connectivity index (χ0) is 10.4. The number of benzene rings is 1. The van der Waals surface area contributed by atoms with Gasteiger partial charge in [-0.1, -0.05) is 18.2 Å². The van der Waals surface area contributed by atoms with Gasteiger partial charge in [0.15, 0.2) is 0 Å². The third-order valence-electron chi connectivity index (χ3n) is 1.75. The summed E-state index contributed by atoms with van der Waals surface area (Å²) in [6.07, 6.45) is 0.440. The van der Waals surface area contributed by atoms with Gasteiger partial charge in [-0.05, 0) is 18.6 Å². The third-order valence-corrected chi connectivity index (χ3v) is 2.81. The third kappa shape index (κ3) is 3.50. The average Bonchev–Trinajstić information content (AvgIpc) is 2.16. The van der Waals surface area contributed by atoms with Crippen LogP contribution >= 0.6 is 11.8 Å². The van der Waals surface area contributed by atoms with E-state index in [1.807, 2.05) is 24.3 Å². The summed E-state index contributed by atoms with van der Waals surface area (Å²) in [6, 6.07) is 7.66. The number of thioether (sulfide) groups is 1. The van der Waals surface area contributed by atoms with Gasteiger partial charge in [0.05, 0.1) is 6.67 Å². The van der Waals surface area contributed by atoms with Gasteiger partial charge in [-0.2, -0.15) is 0 Å². The Morgan fingerprint density at radius 2 is 2.14 bits per heavy atom. The Labute approximate surface area is 87.7 Å². The van der Waals surface area contributed by atoms with Crippen LogP contribution in [0.4, 0.5) is 4.39 Å². The topological polar surface area (TPSA) is 17.1 Å². The Balaban J connectivity index is 2.74. The monoisotopic (exact) mass is 212 g/mol. The lowest BCUT2D eigenvalue weighted by Crippen LogP contribution is -1.98. The summed E-state index contributed by atoms with van der Waals surface area (Å²) in [7, 11) is 0. The van der Waals surface area contributed by atoms with Crippen LogP contribution in [0, 0.1) is 0 Å². The van der Waals surface area contributed by atoms with Crippen molar-refractivity contribution in [3.63, 3.8) is 0 Å². The van der Waals surface area contributed by atoms with Crippen LogP contribution < -0.4 is 0 Å². The van der Waals surface area contributed by atoms with Crippen molar-refractivity contribution in [1.82, 2.24) is 0 Å². The van der Waals surface area contributed by atoms with E-state index < -0.39 is 0 Å². The second-order valence-corrected chi connectivity index (χ2v) is 4.16. The summed E-state index contributed by atoms with van der Waals surface area (Å²) < 4.78 is 12.0. The first-order valence-electron chi connectivity index (χ1n) is 4.50. The minimum Gasteiger partial charge on any atom is -0.300 e. The van der Waals surface area contributed by atoms with Crippen molar-refractivity contribution in [3.05, 3.63) is 29.8 Å². The Morgan fingerprint density at radius 1 is 1.43 bits per heavy atom. The lowest BCUT2D eigenvalue weighted by Gasteiger charge is -2.05. The largest absolute Gasteiger partial charge is 0.300 e. The fraction of sp³-hybridized carbons (Fsp3) is 0.364. The van der Waals surface area contributed by atoms with E-state index in [1.165, 1.54) is 11.8 Å². The first-order chi connectivity index (χ1) is 6.74. The van der Waals surface area contributed by atoms with Gasteiger partial charge >= 0.3 is 0 Å². The number of carbonyl (C=O) groups is 1. The summed E-state index contributed by atoms with van der Waals surface area (Å²) in [5, 5.41) is 0. The molecule has 76 valence electrons. The highest BCUT2D eigenvalue weighted by Crippen LogP contribution is 2.22. The molecular weight excluding hydrogens is 199 g/mol. The van der Waals surface area contributed by atoms with E-state index in [0.29, 0.717) is 12.2 Å². The summed E-state index contributed by atoms with van der Waals surface area (Å²) in [6.45, 7) is 1.23. The van der Waals surface area contributed by atoms with E-state index >= 15 is 0 Å². The zero-order valence-corrected chi connectivity index (χ0v) is 8.94. The molecule has 0 aliphatic heterocycles.